The van der Waals surface area contributed by atoms with Gasteiger partial charge in [-0.15, -0.1) is 0 Å². The SMILES string of the molecule is CCC(N)(CC)COCc1ccc(OC)c([N+](=O)[O-])c1. The Bertz CT molecular complexity index is 458. The lowest BCUT2D eigenvalue weighted by atomic mass is 9.96. The first kappa shape index (κ1) is 16.4. The van der Waals surface area contributed by atoms with Gasteiger partial charge in [-0.3, -0.25) is 10.1 Å². The maximum Gasteiger partial charge on any atom is 0.311 e. The molecule has 1 rings (SSSR count). The second-order valence-electron chi connectivity index (χ2n) is 4.83. The van der Waals surface area contributed by atoms with E-state index in [0.717, 1.165) is 18.4 Å². The highest BCUT2D eigenvalue weighted by atomic mass is 16.6. The van der Waals surface area contributed by atoms with E-state index < -0.39 is 4.92 Å². The van der Waals surface area contributed by atoms with Gasteiger partial charge in [0.05, 0.1) is 25.2 Å². The zero-order chi connectivity index (χ0) is 15.2. The van der Waals surface area contributed by atoms with E-state index in [0.29, 0.717) is 13.2 Å². The second kappa shape index (κ2) is 7.21. The van der Waals surface area contributed by atoms with Crippen molar-refractivity contribution >= 4 is 5.69 Å². The zero-order valence-electron chi connectivity index (χ0n) is 12.2. The van der Waals surface area contributed by atoms with Crippen LogP contribution < -0.4 is 10.5 Å². The topological polar surface area (TPSA) is 87.6 Å². The van der Waals surface area contributed by atoms with Gasteiger partial charge in [-0.1, -0.05) is 19.9 Å². The van der Waals surface area contributed by atoms with E-state index in [1.54, 1.807) is 12.1 Å². The first-order valence-corrected chi connectivity index (χ1v) is 6.63. The number of hydrogen-bond donors (Lipinski definition) is 1. The molecule has 1 aromatic carbocycles. The fourth-order valence-electron chi connectivity index (χ4n) is 1.79. The summed E-state index contributed by atoms with van der Waals surface area (Å²) in [5.74, 6) is 0.244. The lowest BCUT2D eigenvalue weighted by Crippen LogP contribution is -2.43. The number of nitro benzene ring substituents is 1. The summed E-state index contributed by atoms with van der Waals surface area (Å²) in [6.07, 6.45) is 1.65. The van der Waals surface area contributed by atoms with Crippen molar-refractivity contribution in [1.29, 1.82) is 0 Å². The summed E-state index contributed by atoms with van der Waals surface area (Å²) in [5, 5.41) is 10.9. The fourth-order valence-corrected chi connectivity index (χ4v) is 1.79. The number of nitrogens with zero attached hydrogens (tertiary/aromatic N) is 1. The minimum absolute atomic E-state index is 0.0569. The summed E-state index contributed by atoms with van der Waals surface area (Å²) in [5.41, 5.74) is 6.47. The maximum atomic E-state index is 10.9. The van der Waals surface area contributed by atoms with E-state index in [1.807, 2.05) is 13.8 Å². The van der Waals surface area contributed by atoms with Crippen LogP contribution in [0.2, 0.25) is 0 Å². The first-order chi connectivity index (χ1) is 9.45. The Hall–Kier alpha value is -1.66. The van der Waals surface area contributed by atoms with Crippen molar-refractivity contribution in [2.45, 2.75) is 38.8 Å². The molecule has 0 saturated heterocycles. The molecule has 2 N–H and O–H groups in total. The second-order valence-corrected chi connectivity index (χ2v) is 4.83. The minimum Gasteiger partial charge on any atom is -0.490 e. The molecular formula is C14H22N2O4. The molecule has 0 spiro atoms. The van der Waals surface area contributed by atoms with Crippen molar-refractivity contribution in [1.82, 2.24) is 0 Å². The van der Waals surface area contributed by atoms with Crippen LogP contribution >= 0.6 is 0 Å². The van der Waals surface area contributed by atoms with Crippen LogP contribution in [-0.4, -0.2) is 24.2 Å². The number of ether oxygens (including phenoxy) is 2. The lowest BCUT2D eigenvalue weighted by Gasteiger charge is -2.26. The van der Waals surface area contributed by atoms with Crippen LogP contribution in [0.1, 0.15) is 32.3 Å². The first-order valence-electron chi connectivity index (χ1n) is 6.63. The van der Waals surface area contributed by atoms with Crippen LogP contribution in [0.15, 0.2) is 18.2 Å². The van der Waals surface area contributed by atoms with Gasteiger partial charge in [0.2, 0.25) is 0 Å². The van der Waals surface area contributed by atoms with Crippen LogP contribution in [0.25, 0.3) is 0 Å². The zero-order valence-corrected chi connectivity index (χ0v) is 12.2. The van der Waals surface area contributed by atoms with Crippen molar-refractivity contribution < 1.29 is 14.4 Å². The summed E-state index contributed by atoms with van der Waals surface area (Å²) < 4.78 is 10.5. The number of rotatable bonds is 8. The average Bonchev–Trinajstić information content (AvgIpc) is 2.46. The molecule has 0 radical (unpaired) electrons. The van der Waals surface area contributed by atoms with Gasteiger partial charge in [-0.25, -0.2) is 0 Å². The molecule has 6 nitrogen and oxygen atoms in total. The molecule has 0 amide bonds. The van der Waals surface area contributed by atoms with Crippen molar-refractivity contribution in [3.8, 4) is 5.75 Å². The molecule has 112 valence electrons. The maximum absolute atomic E-state index is 10.9. The van der Waals surface area contributed by atoms with Crippen molar-refractivity contribution in [3.63, 3.8) is 0 Å². The molecule has 0 unspecified atom stereocenters. The predicted octanol–water partition coefficient (Wildman–Crippen LogP) is 2.64. The Labute approximate surface area is 119 Å². The van der Waals surface area contributed by atoms with E-state index in [4.69, 9.17) is 15.2 Å². The minimum atomic E-state index is -0.465. The van der Waals surface area contributed by atoms with Crippen LogP contribution in [-0.2, 0) is 11.3 Å². The average molecular weight is 282 g/mol. The molecule has 0 fully saturated rings. The summed E-state index contributed by atoms with van der Waals surface area (Å²) >= 11 is 0. The molecule has 0 aliphatic rings. The third-order valence-corrected chi connectivity index (χ3v) is 3.51. The molecule has 0 bridgehead atoms. The van der Waals surface area contributed by atoms with Crippen LogP contribution in [0, 0.1) is 10.1 Å². The van der Waals surface area contributed by atoms with Crippen molar-refractivity contribution in [2.24, 2.45) is 5.73 Å². The Kier molecular flexibility index (Phi) is 5.91. The van der Waals surface area contributed by atoms with Crippen molar-refractivity contribution in [2.75, 3.05) is 13.7 Å². The number of methoxy groups -OCH3 is 1. The molecule has 0 aliphatic carbocycles. The quantitative estimate of drug-likeness (QED) is 0.585. The van der Waals surface area contributed by atoms with E-state index >= 15 is 0 Å². The fraction of sp³-hybridized carbons (Fsp3) is 0.571. The molecule has 6 heteroatoms. The molecule has 0 aliphatic heterocycles. The van der Waals surface area contributed by atoms with Gasteiger partial charge in [0.15, 0.2) is 5.75 Å². The third-order valence-electron chi connectivity index (χ3n) is 3.51. The predicted molar refractivity (Wildman–Crippen MR) is 76.8 cm³/mol. The number of nitrogens with two attached hydrogens (primary N) is 1. The smallest absolute Gasteiger partial charge is 0.311 e. The van der Waals surface area contributed by atoms with E-state index in [2.05, 4.69) is 0 Å². The van der Waals surface area contributed by atoms with Gasteiger partial charge in [0.1, 0.15) is 0 Å². The molecular weight excluding hydrogens is 260 g/mol. The number of benzene rings is 1. The molecule has 0 atom stereocenters. The Morgan fingerprint density at radius 2 is 2.00 bits per heavy atom. The Balaban J connectivity index is 2.70. The molecule has 0 saturated carbocycles. The number of hydrogen-bond acceptors (Lipinski definition) is 5. The van der Waals surface area contributed by atoms with Crippen LogP contribution in [0.4, 0.5) is 5.69 Å². The highest BCUT2D eigenvalue weighted by Crippen LogP contribution is 2.27. The van der Waals surface area contributed by atoms with Gasteiger partial charge >= 0.3 is 5.69 Å². The molecule has 20 heavy (non-hydrogen) atoms. The van der Waals surface area contributed by atoms with Gasteiger partial charge in [-0.2, -0.15) is 0 Å². The molecule has 1 aromatic rings. The number of nitro groups is 1. The van der Waals surface area contributed by atoms with Gasteiger partial charge in [-0.05, 0) is 24.5 Å². The van der Waals surface area contributed by atoms with Gasteiger partial charge in [0, 0.05) is 11.6 Å². The largest absolute Gasteiger partial charge is 0.490 e. The molecule has 0 heterocycles. The van der Waals surface area contributed by atoms with Crippen LogP contribution in [0.5, 0.6) is 5.75 Å². The third kappa shape index (κ3) is 4.18. The highest BCUT2D eigenvalue weighted by molar-refractivity contribution is 5.48. The Morgan fingerprint density at radius 1 is 1.35 bits per heavy atom. The summed E-state index contributed by atoms with van der Waals surface area (Å²) in [6, 6.07) is 4.79. The highest BCUT2D eigenvalue weighted by Gasteiger charge is 2.21. The normalized spacial score (nSPS) is 11.4. The summed E-state index contributed by atoms with van der Waals surface area (Å²) in [4.78, 5) is 10.5. The summed E-state index contributed by atoms with van der Waals surface area (Å²) in [7, 11) is 1.41. The van der Waals surface area contributed by atoms with Gasteiger partial charge in [0.25, 0.3) is 0 Å². The lowest BCUT2D eigenvalue weighted by molar-refractivity contribution is -0.385. The Morgan fingerprint density at radius 3 is 2.50 bits per heavy atom. The van der Waals surface area contributed by atoms with E-state index in [9.17, 15) is 10.1 Å². The van der Waals surface area contributed by atoms with Crippen molar-refractivity contribution in [3.05, 3.63) is 33.9 Å². The molecule has 0 aromatic heterocycles. The van der Waals surface area contributed by atoms with Gasteiger partial charge < -0.3 is 15.2 Å². The summed E-state index contributed by atoms with van der Waals surface area (Å²) in [6.45, 7) is 4.76. The van der Waals surface area contributed by atoms with E-state index in [1.165, 1.54) is 13.2 Å². The monoisotopic (exact) mass is 282 g/mol. The van der Waals surface area contributed by atoms with E-state index in [-0.39, 0.29) is 17.0 Å². The van der Waals surface area contributed by atoms with Crippen LogP contribution in [0.3, 0.4) is 0 Å². The standard InChI is InChI=1S/C14H22N2O4/c1-4-14(15,5-2)10-20-9-11-6-7-13(19-3)12(8-11)16(17)18/h6-8H,4-5,9-10,15H2,1-3H3.